The molecular formula is C14H14N2O3. The molecular weight excluding hydrogens is 244 g/mol. The molecule has 0 unspecified atom stereocenters. The van der Waals surface area contributed by atoms with Crippen molar-refractivity contribution in [1.29, 1.82) is 0 Å². The number of aromatic nitrogens is 2. The van der Waals surface area contributed by atoms with Crippen LogP contribution in [0.15, 0.2) is 30.6 Å². The Morgan fingerprint density at radius 3 is 2.68 bits per heavy atom. The maximum atomic E-state index is 10.6. The van der Waals surface area contributed by atoms with Crippen LogP contribution >= 0.6 is 0 Å². The summed E-state index contributed by atoms with van der Waals surface area (Å²) >= 11 is 0. The molecule has 0 radical (unpaired) electrons. The monoisotopic (exact) mass is 258 g/mol. The van der Waals surface area contributed by atoms with E-state index in [-0.39, 0.29) is 6.42 Å². The summed E-state index contributed by atoms with van der Waals surface area (Å²) in [7, 11) is 0. The molecule has 0 bridgehead atoms. The highest BCUT2D eigenvalue weighted by molar-refractivity contribution is 5.69. The number of aliphatic carboxylic acids is 1. The standard InChI is InChI=1S/C14H14N2O3/c1-9-3-4-12(5-10(9)2)19-13-6-11(7-14(17)18)15-8-16-13/h3-6,8H,7H2,1-2H3,(H,17,18). The zero-order valence-corrected chi connectivity index (χ0v) is 10.8. The summed E-state index contributed by atoms with van der Waals surface area (Å²) < 4.78 is 5.59. The Kier molecular flexibility index (Phi) is 3.75. The van der Waals surface area contributed by atoms with Crippen molar-refractivity contribution in [3.05, 3.63) is 47.4 Å². The van der Waals surface area contributed by atoms with Crippen molar-refractivity contribution in [2.24, 2.45) is 0 Å². The van der Waals surface area contributed by atoms with Gasteiger partial charge in [0.25, 0.3) is 0 Å². The summed E-state index contributed by atoms with van der Waals surface area (Å²) in [6, 6.07) is 7.25. The quantitative estimate of drug-likeness (QED) is 0.912. The van der Waals surface area contributed by atoms with E-state index in [0.717, 1.165) is 5.56 Å². The second-order valence-electron chi connectivity index (χ2n) is 4.27. The van der Waals surface area contributed by atoms with Gasteiger partial charge in [0.2, 0.25) is 5.88 Å². The van der Waals surface area contributed by atoms with Gasteiger partial charge < -0.3 is 9.84 Å². The molecule has 2 aromatic rings. The maximum absolute atomic E-state index is 10.6. The Morgan fingerprint density at radius 1 is 1.21 bits per heavy atom. The first kappa shape index (κ1) is 13.0. The van der Waals surface area contributed by atoms with E-state index < -0.39 is 5.97 Å². The molecule has 1 aromatic carbocycles. The normalized spacial score (nSPS) is 10.2. The fourth-order valence-electron chi connectivity index (χ4n) is 1.58. The van der Waals surface area contributed by atoms with E-state index in [9.17, 15) is 4.79 Å². The molecule has 0 amide bonds. The van der Waals surface area contributed by atoms with E-state index in [1.54, 1.807) is 0 Å². The van der Waals surface area contributed by atoms with Crippen LogP contribution in [0.25, 0.3) is 0 Å². The smallest absolute Gasteiger partial charge is 0.309 e. The lowest BCUT2D eigenvalue weighted by atomic mass is 10.1. The van der Waals surface area contributed by atoms with Crippen LogP contribution in [-0.2, 0) is 11.2 Å². The zero-order valence-electron chi connectivity index (χ0n) is 10.8. The van der Waals surface area contributed by atoms with Crippen molar-refractivity contribution >= 4 is 5.97 Å². The average Bonchev–Trinajstić information content (AvgIpc) is 2.33. The van der Waals surface area contributed by atoms with E-state index in [0.29, 0.717) is 17.3 Å². The van der Waals surface area contributed by atoms with E-state index in [4.69, 9.17) is 9.84 Å². The molecule has 2 rings (SSSR count). The number of ether oxygens (including phenoxy) is 1. The highest BCUT2D eigenvalue weighted by atomic mass is 16.5. The van der Waals surface area contributed by atoms with E-state index in [1.807, 2.05) is 32.0 Å². The molecule has 0 aliphatic rings. The summed E-state index contributed by atoms with van der Waals surface area (Å²) in [5.74, 6) is 0.0772. The van der Waals surface area contributed by atoms with Crippen LogP contribution in [0.4, 0.5) is 0 Å². The van der Waals surface area contributed by atoms with Gasteiger partial charge in [-0.05, 0) is 37.1 Å². The molecule has 0 aliphatic carbocycles. The average molecular weight is 258 g/mol. The predicted molar refractivity (Wildman–Crippen MR) is 69.4 cm³/mol. The molecule has 5 nitrogen and oxygen atoms in total. The molecule has 0 fully saturated rings. The summed E-state index contributed by atoms with van der Waals surface area (Å²) in [4.78, 5) is 18.5. The lowest BCUT2D eigenvalue weighted by molar-refractivity contribution is -0.136. The number of hydrogen-bond donors (Lipinski definition) is 1. The van der Waals surface area contributed by atoms with Gasteiger partial charge in [-0.25, -0.2) is 9.97 Å². The van der Waals surface area contributed by atoms with Crippen LogP contribution in [0.1, 0.15) is 16.8 Å². The van der Waals surface area contributed by atoms with Crippen molar-refractivity contribution < 1.29 is 14.6 Å². The number of carboxylic acid groups (broad SMARTS) is 1. The highest BCUT2D eigenvalue weighted by Crippen LogP contribution is 2.22. The molecule has 0 saturated heterocycles. The second kappa shape index (κ2) is 5.48. The SMILES string of the molecule is Cc1ccc(Oc2cc(CC(=O)O)ncn2)cc1C. The van der Waals surface area contributed by atoms with Gasteiger partial charge in [-0.3, -0.25) is 4.79 Å². The van der Waals surface area contributed by atoms with Gasteiger partial charge in [0.05, 0.1) is 12.1 Å². The molecule has 1 N–H and O–H groups in total. The van der Waals surface area contributed by atoms with Gasteiger partial charge in [0.15, 0.2) is 0 Å². The first-order valence-electron chi connectivity index (χ1n) is 5.82. The first-order valence-corrected chi connectivity index (χ1v) is 5.82. The van der Waals surface area contributed by atoms with E-state index in [1.165, 1.54) is 18.0 Å². The molecule has 0 saturated carbocycles. The number of hydrogen-bond acceptors (Lipinski definition) is 4. The Balaban J connectivity index is 2.18. The van der Waals surface area contributed by atoms with Crippen molar-refractivity contribution in [3.8, 4) is 11.6 Å². The van der Waals surface area contributed by atoms with Crippen LogP contribution < -0.4 is 4.74 Å². The number of carboxylic acids is 1. The summed E-state index contributed by atoms with van der Waals surface area (Å²) in [5, 5.41) is 8.71. The third-order valence-corrected chi connectivity index (χ3v) is 2.73. The Morgan fingerprint density at radius 2 is 2.00 bits per heavy atom. The van der Waals surface area contributed by atoms with Crippen LogP contribution in [-0.4, -0.2) is 21.0 Å². The zero-order chi connectivity index (χ0) is 13.8. The van der Waals surface area contributed by atoms with Gasteiger partial charge in [-0.2, -0.15) is 0 Å². The predicted octanol–water partition coefficient (Wildman–Crippen LogP) is 2.51. The summed E-state index contributed by atoms with van der Waals surface area (Å²) in [6.07, 6.45) is 1.15. The Bertz CT molecular complexity index is 611. The van der Waals surface area contributed by atoms with Crippen molar-refractivity contribution in [1.82, 2.24) is 9.97 Å². The Labute approximate surface area is 110 Å². The van der Waals surface area contributed by atoms with Gasteiger partial charge in [-0.1, -0.05) is 6.07 Å². The molecule has 0 spiro atoms. The number of rotatable bonds is 4. The van der Waals surface area contributed by atoms with Crippen LogP contribution in [0.5, 0.6) is 11.6 Å². The molecule has 5 heteroatoms. The topological polar surface area (TPSA) is 72.3 Å². The van der Waals surface area contributed by atoms with E-state index >= 15 is 0 Å². The number of benzene rings is 1. The number of carbonyl (C=O) groups is 1. The number of nitrogens with zero attached hydrogens (tertiary/aromatic N) is 2. The van der Waals surface area contributed by atoms with Gasteiger partial charge in [-0.15, -0.1) is 0 Å². The summed E-state index contributed by atoms with van der Waals surface area (Å²) in [6.45, 7) is 4.02. The Hall–Kier alpha value is -2.43. The molecule has 19 heavy (non-hydrogen) atoms. The molecule has 98 valence electrons. The third kappa shape index (κ3) is 3.51. The van der Waals surface area contributed by atoms with Crippen molar-refractivity contribution in [2.45, 2.75) is 20.3 Å². The minimum Gasteiger partial charge on any atom is -0.481 e. The second-order valence-corrected chi connectivity index (χ2v) is 4.27. The molecule has 0 atom stereocenters. The fraction of sp³-hybridized carbons (Fsp3) is 0.214. The van der Waals surface area contributed by atoms with Crippen LogP contribution in [0, 0.1) is 13.8 Å². The lowest BCUT2D eigenvalue weighted by Crippen LogP contribution is -2.03. The van der Waals surface area contributed by atoms with Gasteiger partial charge >= 0.3 is 5.97 Å². The first-order chi connectivity index (χ1) is 9.04. The third-order valence-electron chi connectivity index (χ3n) is 2.73. The highest BCUT2D eigenvalue weighted by Gasteiger charge is 2.06. The van der Waals surface area contributed by atoms with Crippen LogP contribution in [0.2, 0.25) is 0 Å². The molecule has 0 aliphatic heterocycles. The number of aryl methyl sites for hydroxylation is 2. The maximum Gasteiger partial charge on any atom is 0.309 e. The molecule has 1 aromatic heterocycles. The lowest BCUT2D eigenvalue weighted by Gasteiger charge is -2.07. The van der Waals surface area contributed by atoms with Gasteiger partial charge in [0, 0.05) is 6.07 Å². The largest absolute Gasteiger partial charge is 0.481 e. The van der Waals surface area contributed by atoms with Crippen LogP contribution in [0.3, 0.4) is 0 Å². The van der Waals surface area contributed by atoms with Gasteiger partial charge in [0.1, 0.15) is 12.1 Å². The van der Waals surface area contributed by atoms with E-state index in [2.05, 4.69) is 9.97 Å². The fourth-order valence-corrected chi connectivity index (χ4v) is 1.58. The van der Waals surface area contributed by atoms with Crippen molar-refractivity contribution in [3.63, 3.8) is 0 Å². The minimum absolute atomic E-state index is 0.147. The molecule has 1 heterocycles. The minimum atomic E-state index is -0.934. The summed E-state index contributed by atoms with van der Waals surface area (Å²) in [5.41, 5.74) is 2.72. The van der Waals surface area contributed by atoms with Crippen molar-refractivity contribution in [2.75, 3.05) is 0 Å².